The van der Waals surface area contributed by atoms with Crippen LogP contribution >= 0.6 is 0 Å². The first-order chi connectivity index (χ1) is 6.03. The largest absolute Gasteiger partial charge is 0.328 e. The predicted octanol–water partition coefficient (Wildman–Crippen LogP) is 1.01. The average Bonchev–Trinajstić information content (AvgIpc) is 2.48. The number of hydrogen-bond donors (Lipinski definition) is 2. The fourth-order valence-electron chi connectivity index (χ4n) is 1.64. The molecule has 0 aromatic rings. The summed E-state index contributed by atoms with van der Waals surface area (Å²) in [6.45, 7) is 4.67. The van der Waals surface area contributed by atoms with E-state index in [2.05, 4.69) is 11.4 Å². The van der Waals surface area contributed by atoms with Gasteiger partial charge in [0.15, 0.2) is 0 Å². The lowest BCUT2D eigenvalue weighted by Gasteiger charge is -2.19. The van der Waals surface area contributed by atoms with Crippen molar-refractivity contribution in [1.82, 2.24) is 5.32 Å². The van der Waals surface area contributed by atoms with E-state index in [4.69, 9.17) is 11.0 Å². The zero-order valence-corrected chi connectivity index (χ0v) is 8.51. The topological polar surface area (TPSA) is 61.8 Å². The van der Waals surface area contributed by atoms with E-state index in [1.165, 1.54) is 0 Å². The lowest BCUT2D eigenvalue weighted by Crippen LogP contribution is -2.35. The summed E-state index contributed by atoms with van der Waals surface area (Å²) in [7, 11) is 0. The molecule has 2 unspecified atom stereocenters. The van der Waals surface area contributed by atoms with Gasteiger partial charge in [-0.3, -0.25) is 0 Å². The molecule has 1 aliphatic carbocycles. The van der Waals surface area contributed by atoms with E-state index in [1.807, 2.05) is 13.8 Å². The molecular formula is C10H19N3. The average molecular weight is 181 g/mol. The van der Waals surface area contributed by atoms with Crippen LogP contribution < -0.4 is 11.1 Å². The Balaban J connectivity index is 2.24. The van der Waals surface area contributed by atoms with Crippen molar-refractivity contribution in [3.8, 4) is 6.07 Å². The number of hydrogen-bond acceptors (Lipinski definition) is 3. The maximum atomic E-state index is 8.81. The van der Waals surface area contributed by atoms with Crippen molar-refractivity contribution in [2.75, 3.05) is 6.54 Å². The molecule has 0 saturated heterocycles. The van der Waals surface area contributed by atoms with Gasteiger partial charge >= 0.3 is 0 Å². The Kier molecular flexibility index (Phi) is 3.29. The molecule has 1 fully saturated rings. The second-order valence-corrected chi connectivity index (χ2v) is 4.65. The van der Waals surface area contributed by atoms with Crippen LogP contribution in [0.1, 0.15) is 33.1 Å². The van der Waals surface area contributed by atoms with Crippen LogP contribution in [0.3, 0.4) is 0 Å². The summed E-state index contributed by atoms with van der Waals surface area (Å²) < 4.78 is 0. The SMILES string of the molecule is CC(C)(C#N)CNC1CCC(N)C1. The minimum atomic E-state index is -0.257. The molecule has 0 spiro atoms. The Bertz CT molecular complexity index is 205. The maximum Gasteiger partial charge on any atom is 0.0697 e. The predicted molar refractivity (Wildman–Crippen MR) is 53.0 cm³/mol. The number of nitrogens with zero attached hydrogens (tertiary/aromatic N) is 1. The normalized spacial score (nSPS) is 28.8. The molecule has 1 aliphatic rings. The lowest BCUT2D eigenvalue weighted by molar-refractivity contribution is 0.399. The van der Waals surface area contributed by atoms with E-state index < -0.39 is 0 Å². The van der Waals surface area contributed by atoms with Crippen LogP contribution in [0.5, 0.6) is 0 Å². The highest BCUT2D eigenvalue weighted by atomic mass is 14.9. The summed E-state index contributed by atoms with van der Waals surface area (Å²) in [5, 5.41) is 12.2. The first-order valence-electron chi connectivity index (χ1n) is 4.94. The summed E-state index contributed by atoms with van der Waals surface area (Å²) in [6, 6.07) is 3.18. The monoisotopic (exact) mass is 181 g/mol. The van der Waals surface area contributed by atoms with Crippen LogP contribution in [-0.4, -0.2) is 18.6 Å². The van der Waals surface area contributed by atoms with Crippen molar-refractivity contribution in [2.45, 2.75) is 45.2 Å². The third kappa shape index (κ3) is 3.33. The Morgan fingerprint density at radius 1 is 1.54 bits per heavy atom. The summed E-state index contributed by atoms with van der Waals surface area (Å²) in [4.78, 5) is 0. The molecule has 74 valence electrons. The van der Waals surface area contributed by atoms with E-state index in [-0.39, 0.29) is 5.41 Å². The van der Waals surface area contributed by atoms with Crippen molar-refractivity contribution in [1.29, 1.82) is 5.26 Å². The fourth-order valence-corrected chi connectivity index (χ4v) is 1.64. The van der Waals surface area contributed by atoms with Gasteiger partial charge in [-0.2, -0.15) is 5.26 Å². The van der Waals surface area contributed by atoms with Gasteiger partial charge in [0.2, 0.25) is 0 Å². The van der Waals surface area contributed by atoms with Crippen molar-refractivity contribution >= 4 is 0 Å². The van der Waals surface area contributed by atoms with Crippen molar-refractivity contribution in [2.24, 2.45) is 11.1 Å². The van der Waals surface area contributed by atoms with Crippen LogP contribution in [0, 0.1) is 16.7 Å². The molecule has 0 aromatic carbocycles. The summed E-state index contributed by atoms with van der Waals surface area (Å²) >= 11 is 0. The highest BCUT2D eigenvalue weighted by molar-refractivity contribution is 4.95. The van der Waals surface area contributed by atoms with E-state index in [9.17, 15) is 0 Å². The van der Waals surface area contributed by atoms with E-state index in [0.717, 1.165) is 25.8 Å². The Morgan fingerprint density at radius 3 is 2.69 bits per heavy atom. The summed E-state index contributed by atoms with van der Waals surface area (Å²) in [6.07, 6.45) is 3.33. The van der Waals surface area contributed by atoms with E-state index >= 15 is 0 Å². The molecule has 0 bridgehead atoms. The molecule has 0 heterocycles. The van der Waals surface area contributed by atoms with Crippen molar-refractivity contribution < 1.29 is 0 Å². The van der Waals surface area contributed by atoms with Gasteiger partial charge in [-0.05, 0) is 33.1 Å². The molecular weight excluding hydrogens is 162 g/mol. The second-order valence-electron chi connectivity index (χ2n) is 4.65. The Hall–Kier alpha value is -0.590. The van der Waals surface area contributed by atoms with Gasteiger partial charge in [-0.15, -0.1) is 0 Å². The molecule has 0 aliphatic heterocycles. The van der Waals surface area contributed by atoms with Crippen LogP contribution in [0.15, 0.2) is 0 Å². The van der Waals surface area contributed by atoms with Gasteiger partial charge in [0.1, 0.15) is 0 Å². The number of rotatable bonds is 3. The van der Waals surface area contributed by atoms with Crippen LogP contribution in [-0.2, 0) is 0 Å². The molecule has 13 heavy (non-hydrogen) atoms. The van der Waals surface area contributed by atoms with Crippen LogP contribution in [0.4, 0.5) is 0 Å². The van der Waals surface area contributed by atoms with Crippen LogP contribution in [0.25, 0.3) is 0 Å². The standard InChI is InChI=1S/C10H19N3/c1-10(2,6-11)7-13-9-4-3-8(12)5-9/h8-9,13H,3-5,7,12H2,1-2H3. The third-order valence-electron chi connectivity index (χ3n) is 2.61. The minimum absolute atomic E-state index is 0.257. The smallest absolute Gasteiger partial charge is 0.0697 e. The summed E-state index contributed by atoms with van der Waals surface area (Å²) in [5.41, 5.74) is 5.53. The van der Waals surface area contributed by atoms with Gasteiger partial charge in [0, 0.05) is 18.6 Å². The molecule has 3 N–H and O–H groups in total. The molecule has 0 radical (unpaired) electrons. The third-order valence-corrected chi connectivity index (χ3v) is 2.61. The number of nitrogens with one attached hydrogen (secondary N) is 1. The van der Waals surface area contributed by atoms with Gasteiger partial charge in [0.05, 0.1) is 11.5 Å². The molecule has 1 rings (SSSR count). The maximum absolute atomic E-state index is 8.81. The van der Waals surface area contributed by atoms with E-state index in [0.29, 0.717) is 12.1 Å². The Morgan fingerprint density at radius 2 is 2.23 bits per heavy atom. The van der Waals surface area contributed by atoms with E-state index in [1.54, 1.807) is 0 Å². The van der Waals surface area contributed by atoms with Gasteiger partial charge in [-0.25, -0.2) is 0 Å². The molecule has 3 heteroatoms. The summed E-state index contributed by atoms with van der Waals surface area (Å²) in [5.74, 6) is 0. The first-order valence-corrected chi connectivity index (χ1v) is 4.94. The second kappa shape index (κ2) is 4.08. The lowest BCUT2D eigenvalue weighted by atomic mass is 9.95. The molecule has 1 saturated carbocycles. The number of nitrogens with two attached hydrogens (primary N) is 1. The molecule has 2 atom stereocenters. The highest BCUT2D eigenvalue weighted by Crippen LogP contribution is 2.19. The van der Waals surface area contributed by atoms with Gasteiger partial charge < -0.3 is 11.1 Å². The fraction of sp³-hybridized carbons (Fsp3) is 0.900. The van der Waals surface area contributed by atoms with Gasteiger partial charge in [-0.1, -0.05) is 0 Å². The van der Waals surface area contributed by atoms with Crippen LogP contribution in [0.2, 0.25) is 0 Å². The minimum Gasteiger partial charge on any atom is -0.328 e. The Labute approximate surface area is 80.3 Å². The quantitative estimate of drug-likeness (QED) is 0.683. The molecule has 0 amide bonds. The van der Waals surface area contributed by atoms with Crippen molar-refractivity contribution in [3.05, 3.63) is 0 Å². The molecule has 3 nitrogen and oxygen atoms in total. The first kappa shape index (κ1) is 10.5. The molecule has 0 aromatic heterocycles. The zero-order chi connectivity index (χ0) is 9.90. The highest BCUT2D eigenvalue weighted by Gasteiger charge is 2.24. The zero-order valence-electron chi connectivity index (χ0n) is 8.51. The van der Waals surface area contributed by atoms with Gasteiger partial charge in [0.25, 0.3) is 0 Å². The number of nitriles is 1. The van der Waals surface area contributed by atoms with Crippen molar-refractivity contribution in [3.63, 3.8) is 0 Å².